The van der Waals surface area contributed by atoms with Crippen molar-refractivity contribution in [3.8, 4) is 11.3 Å². The van der Waals surface area contributed by atoms with E-state index in [0.29, 0.717) is 16.8 Å². The van der Waals surface area contributed by atoms with Gasteiger partial charge in [-0.05, 0) is 46.5 Å². The first-order valence-corrected chi connectivity index (χ1v) is 6.85. The standard InChI is InChI=1S/C13H14BrClN2O/c1-7(2)5-9-12(18-17-13(9)16)8-3-4-11(15)10(14)6-8/h3-4,6-7H,5H2,1-2H3,(H2,16,17). The van der Waals surface area contributed by atoms with Gasteiger partial charge in [0.05, 0.1) is 5.02 Å². The average molecular weight is 330 g/mol. The average Bonchev–Trinajstić information content (AvgIpc) is 2.64. The molecule has 0 atom stereocenters. The van der Waals surface area contributed by atoms with Gasteiger partial charge < -0.3 is 10.3 Å². The van der Waals surface area contributed by atoms with E-state index in [9.17, 15) is 0 Å². The molecule has 1 aromatic heterocycles. The number of hydrogen-bond acceptors (Lipinski definition) is 3. The minimum atomic E-state index is 0.463. The lowest BCUT2D eigenvalue weighted by Crippen LogP contribution is -1.98. The molecule has 2 N–H and O–H groups in total. The molecule has 1 heterocycles. The maximum absolute atomic E-state index is 5.98. The van der Waals surface area contributed by atoms with Crippen LogP contribution in [0.15, 0.2) is 27.2 Å². The molecule has 3 nitrogen and oxygen atoms in total. The number of rotatable bonds is 3. The molecule has 0 aliphatic heterocycles. The molecule has 18 heavy (non-hydrogen) atoms. The van der Waals surface area contributed by atoms with Crippen LogP contribution in [0.5, 0.6) is 0 Å². The number of nitrogens with zero attached hydrogens (tertiary/aromatic N) is 1. The molecule has 0 amide bonds. The van der Waals surface area contributed by atoms with Crippen molar-refractivity contribution in [2.75, 3.05) is 5.73 Å². The molecule has 5 heteroatoms. The van der Waals surface area contributed by atoms with Crippen LogP contribution in [-0.4, -0.2) is 5.16 Å². The fraction of sp³-hybridized carbons (Fsp3) is 0.308. The smallest absolute Gasteiger partial charge is 0.172 e. The number of nitrogens with two attached hydrogens (primary N) is 1. The summed E-state index contributed by atoms with van der Waals surface area (Å²) < 4.78 is 6.16. The van der Waals surface area contributed by atoms with Gasteiger partial charge in [-0.1, -0.05) is 30.6 Å². The summed E-state index contributed by atoms with van der Waals surface area (Å²) in [5.74, 6) is 1.67. The summed E-state index contributed by atoms with van der Waals surface area (Å²) in [6.07, 6.45) is 0.838. The van der Waals surface area contributed by atoms with Gasteiger partial charge in [-0.15, -0.1) is 0 Å². The molecular formula is C13H14BrClN2O. The normalized spacial score (nSPS) is 11.2. The van der Waals surface area contributed by atoms with Crippen LogP contribution in [0.3, 0.4) is 0 Å². The second kappa shape index (κ2) is 5.33. The van der Waals surface area contributed by atoms with Crippen LogP contribution in [0.25, 0.3) is 11.3 Å². The lowest BCUT2D eigenvalue weighted by atomic mass is 10.00. The summed E-state index contributed by atoms with van der Waals surface area (Å²) in [6.45, 7) is 4.27. The first-order chi connectivity index (χ1) is 8.49. The molecule has 2 rings (SSSR count). The molecule has 0 unspecified atom stereocenters. The number of benzene rings is 1. The van der Waals surface area contributed by atoms with E-state index in [4.69, 9.17) is 21.9 Å². The highest BCUT2D eigenvalue weighted by molar-refractivity contribution is 9.10. The van der Waals surface area contributed by atoms with Crippen molar-refractivity contribution in [2.24, 2.45) is 5.92 Å². The van der Waals surface area contributed by atoms with Gasteiger partial charge in [0.2, 0.25) is 0 Å². The van der Waals surface area contributed by atoms with Crippen molar-refractivity contribution in [1.82, 2.24) is 5.16 Å². The summed E-state index contributed by atoms with van der Waals surface area (Å²) in [5, 5.41) is 4.52. The van der Waals surface area contributed by atoms with Crippen LogP contribution in [0, 0.1) is 5.92 Å². The van der Waals surface area contributed by atoms with Crippen LogP contribution in [0.1, 0.15) is 19.4 Å². The minimum absolute atomic E-state index is 0.463. The Bertz CT molecular complexity index is 566. The van der Waals surface area contributed by atoms with Crippen molar-refractivity contribution in [3.63, 3.8) is 0 Å². The monoisotopic (exact) mass is 328 g/mol. The SMILES string of the molecule is CC(C)Cc1c(N)noc1-c1ccc(Cl)c(Br)c1. The molecule has 1 aromatic carbocycles. The van der Waals surface area contributed by atoms with Crippen LogP contribution in [0.4, 0.5) is 5.82 Å². The molecule has 2 aromatic rings. The second-order valence-electron chi connectivity index (χ2n) is 4.60. The Balaban J connectivity index is 2.47. The molecule has 0 fully saturated rings. The number of nitrogen functional groups attached to an aromatic ring is 1. The zero-order chi connectivity index (χ0) is 13.3. The lowest BCUT2D eigenvalue weighted by Gasteiger charge is -2.06. The molecule has 0 saturated carbocycles. The molecule has 0 radical (unpaired) electrons. The summed E-state index contributed by atoms with van der Waals surface area (Å²) in [6, 6.07) is 5.63. The highest BCUT2D eigenvalue weighted by Gasteiger charge is 2.17. The highest BCUT2D eigenvalue weighted by Crippen LogP contribution is 2.33. The predicted molar refractivity (Wildman–Crippen MR) is 77.6 cm³/mol. The zero-order valence-electron chi connectivity index (χ0n) is 10.2. The van der Waals surface area contributed by atoms with Gasteiger partial charge in [0, 0.05) is 15.6 Å². The number of hydrogen-bond donors (Lipinski definition) is 1. The Morgan fingerprint density at radius 1 is 1.44 bits per heavy atom. The second-order valence-corrected chi connectivity index (χ2v) is 5.86. The summed E-state index contributed by atoms with van der Waals surface area (Å²) in [5.41, 5.74) is 7.73. The van der Waals surface area contributed by atoms with Crippen LogP contribution in [0.2, 0.25) is 5.02 Å². The third kappa shape index (κ3) is 2.70. The zero-order valence-corrected chi connectivity index (χ0v) is 12.5. The van der Waals surface area contributed by atoms with E-state index < -0.39 is 0 Å². The van der Waals surface area contributed by atoms with E-state index in [1.807, 2.05) is 18.2 Å². The molecule has 0 bridgehead atoms. The van der Waals surface area contributed by atoms with E-state index in [1.165, 1.54) is 0 Å². The lowest BCUT2D eigenvalue weighted by molar-refractivity contribution is 0.434. The van der Waals surface area contributed by atoms with Crippen molar-refractivity contribution in [3.05, 3.63) is 33.3 Å². The van der Waals surface area contributed by atoms with Gasteiger partial charge in [-0.2, -0.15) is 0 Å². The van der Waals surface area contributed by atoms with Crippen molar-refractivity contribution in [2.45, 2.75) is 20.3 Å². The summed E-state index contributed by atoms with van der Waals surface area (Å²) in [4.78, 5) is 0. The molecule has 0 aliphatic carbocycles. The number of anilines is 1. The third-order valence-corrected chi connectivity index (χ3v) is 3.83. The Hall–Kier alpha value is -1.000. The first-order valence-electron chi connectivity index (χ1n) is 5.68. The van der Waals surface area contributed by atoms with Crippen LogP contribution >= 0.6 is 27.5 Å². The van der Waals surface area contributed by atoms with Gasteiger partial charge >= 0.3 is 0 Å². The molecule has 0 aliphatic rings. The maximum Gasteiger partial charge on any atom is 0.172 e. The highest BCUT2D eigenvalue weighted by atomic mass is 79.9. The molecule has 96 valence electrons. The molecule has 0 spiro atoms. The van der Waals surface area contributed by atoms with Crippen molar-refractivity contribution >= 4 is 33.3 Å². The Kier molecular flexibility index (Phi) is 3.97. The summed E-state index contributed by atoms with van der Waals surface area (Å²) >= 11 is 9.38. The van der Waals surface area contributed by atoms with Crippen molar-refractivity contribution < 1.29 is 4.52 Å². The van der Waals surface area contributed by atoms with E-state index >= 15 is 0 Å². The fourth-order valence-electron chi connectivity index (χ4n) is 1.79. The molecular weight excluding hydrogens is 316 g/mol. The number of halogens is 2. The fourth-order valence-corrected chi connectivity index (χ4v) is 2.29. The Labute approximate surface area is 119 Å². The predicted octanol–water partition coefficient (Wildman–Crippen LogP) is 4.54. The van der Waals surface area contributed by atoms with Gasteiger partial charge in [0.25, 0.3) is 0 Å². The minimum Gasteiger partial charge on any atom is -0.381 e. The summed E-state index contributed by atoms with van der Waals surface area (Å²) in [7, 11) is 0. The first kappa shape index (κ1) is 13.4. The van der Waals surface area contributed by atoms with Gasteiger partial charge in [0.1, 0.15) is 0 Å². The van der Waals surface area contributed by atoms with Gasteiger partial charge in [0.15, 0.2) is 11.6 Å². The van der Waals surface area contributed by atoms with E-state index in [0.717, 1.165) is 27.8 Å². The Morgan fingerprint density at radius 3 is 2.78 bits per heavy atom. The third-order valence-electron chi connectivity index (χ3n) is 2.61. The van der Waals surface area contributed by atoms with E-state index in [-0.39, 0.29) is 0 Å². The van der Waals surface area contributed by atoms with Crippen molar-refractivity contribution in [1.29, 1.82) is 0 Å². The van der Waals surface area contributed by atoms with Gasteiger partial charge in [-0.25, -0.2) is 0 Å². The van der Waals surface area contributed by atoms with E-state index in [1.54, 1.807) is 0 Å². The molecule has 0 saturated heterocycles. The van der Waals surface area contributed by atoms with Crippen LogP contribution < -0.4 is 5.73 Å². The Morgan fingerprint density at radius 2 is 2.17 bits per heavy atom. The number of aromatic nitrogens is 1. The topological polar surface area (TPSA) is 52.0 Å². The van der Waals surface area contributed by atoms with Crippen LogP contribution in [-0.2, 0) is 6.42 Å². The largest absolute Gasteiger partial charge is 0.381 e. The maximum atomic E-state index is 5.98. The quantitative estimate of drug-likeness (QED) is 0.899. The van der Waals surface area contributed by atoms with E-state index in [2.05, 4.69) is 34.9 Å². The van der Waals surface area contributed by atoms with Gasteiger partial charge in [-0.3, -0.25) is 0 Å².